The maximum Gasteiger partial charge on any atom is 0.251 e. The molecule has 5 nitrogen and oxygen atoms in total. The van der Waals surface area contributed by atoms with Gasteiger partial charge < -0.3 is 15.0 Å². The van der Waals surface area contributed by atoms with E-state index in [0.717, 1.165) is 6.54 Å². The number of nitrogens with one attached hydrogen (secondary N) is 1. The molecule has 24 heavy (non-hydrogen) atoms. The van der Waals surface area contributed by atoms with E-state index in [2.05, 4.69) is 15.2 Å². The quantitative estimate of drug-likeness (QED) is 0.940. The van der Waals surface area contributed by atoms with Gasteiger partial charge in [-0.05, 0) is 68.2 Å². The number of rotatable bonds is 4. The van der Waals surface area contributed by atoms with Crippen molar-refractivity contribution in [2.45, 2.75) is 18.9 Å². The minimum Gasteiger partial charge on any atom is -0.456 e. The molecule has 3 aliphatic heterocycles. The van der Waals surface area contributed by atoms with Gasteiger partial charge in [0.25, 0.3) is 5.91 Å². The average Bonchev–Trinajstić information content (AvgIpc) is 2.64. The Hall–Kier alpha value is -2.40. The number of ether oxygens (including phenoxy) is 1. The smallest absolute Gasteiger partial charge is 0.251 e. The number of piperidine rings is 3. The second-order valence-corrected chi connectivity index (χ2v) is 6.53. The maximum atomic E-state index is 12.5. The predicted octanol–water partition coefficient (Wildman–Crippen LogP) is 2.70. The second-order valence-electron chi connectivity index (χ2n) is 6.53. The van der Waals surface area contributed by atoms with Crippen LogP contribution in [0.4, 0.5) is 0 Å². The first-order valence-electron chi connectivity index (χ1n) is 8.49. The van der Waals surface area contributed by atoms with Gasteiger partial charge in [0.15, 0.2) is 0 Å². The molecule has 0 saturated carbocycles. The summed E-state index contributed by atoms with van der Waals surface area (Å²) in [5.74, 6) is 2.01. The van der Waals surface area contributed by atoms with Gasteiger partial charge in [-0.1, -0.05) is 0 Å². The summed E-state index contributed by atoms with van der Waals surface area (Å²) < 4.78 is 5.70. The van der Waals surface area contributed by atoms with Crippen LogP contribution in [0.5, 0.6) is 11.5 Å². The van der Waals surface area contributed by atoms with Gasteiger partial charge in [0.2, 0.25) is 0 Å². The summed E-state index contributed by atoms with van der Waals surface area (Å²) in [7, 11) is 0. The molecule has 3 fully saturated rings. The molecule has 1 amide bonds. The Labute approximate surface area is 141 Å². The Morgan fingerprint density at radius 3 is 2.54 bits per heavy atom. The van der Waals surface area contributed by atoms with E-state index in [-0.39, 0.29) is 11.9 Å². The van der Waals surface area contributed by atoms with Crippen LogP contribution in [0.15, 0.2) is 48.8 Å². The summed E-state index contributed by atoms with van der Waals surface area (Å²) in [6.45, 7) is 3.34. The minimum absolute atomic E-state index is 0.00155. The van der Waals surface area contributed by atoms with E-state index in [0.29, 0.717) is 23.0 Å². The Bertz CT molecular complexity index is 694. The molecule has 1 unspecified atom stereocenters. The first kappa shape index (κ1) is 15.1. The van der Waals surface area contributed by atoms with Gasteiger partial charge in [-0.25, -0.2) is 0 Å². The topological polar surface area (TPSA) is 54.5 Å². The number of pyridine rings is 1. The lowest BCUT2D eigenvalue weighted by Crippen LogP contribution is -2.57. The van der Waals surface area contributed by atoms with Crippen molar-refractivity contribution < 1.29 is 9.53 Å². The molecule has 4 heterocycles. The zero-order chi connectivity index (χ0) is 16.4. The second kappa shape index (κ2) is 6.61. The van der Waals surface area contributed by atoms with Crippen molar-refractivity contribution in [2.24, 2.45) is 5.92 Å². The molecule has 5 rings (SSSR count). The van der Waals surface area contributed by atoms with Gasteiger partial charge in [0.1, 0.15) is 11.5 Å². The van der Waals surface area contributed by atoms with Crippen molar-refractivity contribution in [1.29, 1.82) is 0 Å². The van der Waals surface area contributed by atoms with E-state index in [1.54, 1.807) is 12.4 Å². The molecule has 124 valence electrons. The summed E-state index contributed by atoms with van der Waals surface area (Å²) in [5, 5.41) is 3.20. The number of hydrogen-bond acceptors (Lipinski definition) is 4. The van der Waals surface area contributed by atoms with Crippen LogP contribution in [0.3, 0.4) is 0 Å². The van der Waals surface area contributed by atoms with E-state index in [1.165, 1.54) is 25.9 Å². The van der Waals surface area contributed by atoms with E-state index in [9.17, 15) is 4.79 Å². The summed E-state index contributed by atoms with van der Waals surface area (Å²) in [6.07, 6.45) is 5.76. The average molecular weight is 323 g/mol. The molecule has 2 aromatic rings. The van der Waals surface area contributed by atoms with Crippen LogP contribution in [0.25, 0.3) is 0 Å². The number of hydrogen-bond donors (Lipinski definition) is 1. The number of benzene rings is 1. The largest absolute Gasteiger partial charge is 0.456 e. The molecule has 1 aromatic heterocycles. The third-order valence-corrected chi connectivity index (χ3v) is 4.96. The Morgan fingerprint density at radius 2 is 1.92 bits per heavy atom. The Balaban J connectivity index is 1.38. The number of carbonyl (C=O) groups excluding carboxylic acids is 1. The summed E-state index contributed by atoms with van der Waals surface area (Å²) in [5.41, 5.74) is 0.671. The van der Waals surface area contributed by atoms with E-state index >= 15 is 0 Å². The van der Waals surface area contributed by atoms with Crippen molar-refractivity contribution in [2.75, 3.05) is 19.6 Å². The van der Waals surface area contributed by atoms with E-state index < -0.39 is 0 Å². The fraction of sp³-hybridized carbons (Fsp3) is 0.368. The van der Waals surface area contributed by atoms with Crippen molar-refractivity contribution in [3.05, 3.63) is 54.4 Å². The van der Waals surface area contributed by atoms with Crippen molar-refractivity contribution in [1.82, 2.24) is 15.2 Å². The molecule has 0 spiro atoms. The van der Waals surface area contributed by atoms with Crippen LogP contribution < -0.4 is 10.1 Å². The van der Waals surface area contributed by atoms with Crippen molar-refractivity contribution in [3.8, 4) is 11.5 Å². The van der Waals surface area contributed by atoms with Gasteiger partial charge in [-0.2, -0.15) is 0 Å². The molecule has 3 aliphatic rings. The van der Waals surface area contributed by atoms with E-state index in [1.807, 2.05) is 36.4 Å². The standard InChI is InChI=1S/C19H21N3O2/c23-19(21-18-13-22-10-7-14(18)8-11-22)15-3-5-16(6-4-15)24-17-2-1-9-20-12-17/h1-6,9,12,14,18H,7-8,10-11,13H2,(H,21,23). The molecule has 2 bridgehead atoms. The zero-order valence-electron chi connectivity index (χ0n) is 13.5. The third-order valence-electron chi connectivity index (χ3n) is 4.96. The number of nitrogens with zero attached hydrogens (tertiary/aromatic N) is 2. The maximum absolute atomic E-state index is 12.5. The third kappa shape index (κ3) is 3.26. The van der Waals surface area contributed by atoms with Crippen LogP contribution in [0.1, 0.15) is 23.2 Å². The normalized spacial score (nSPS) is 25.2. The molecular formula is C19H21N3O2. The van der Waals surface area contributed by atoms with Gasteiger partial charge in [-0.15, -0.1) is 0 Å². The Kier molecular flexibility index (Phi) is 4.17. The summed E-state index contributed by atoms with van der Waals surface area (Å²) in [4.78, 5) is 18.9. The highest BCUT2D eigenvalue weighted by molar-refractivity contribution is 5.94. The first-order valence-corrected chi connectivity index (χ1v) is 8.49. The molecule has 1 N–H and O–H groups in total. The highest BCUT2D eigenvalue weighted by atomic mass is 16.5. The molecule has 0 aliphatic carbocycles. The molecule has 1 atom stereocenters. The number of carbonyl (C=O) groups is 1. The number of amides is 1. The number of aromatic nitrogens is 1. The molecule has 1 aromatic carbocycles. The number of fused-ring (bicyclic) bond motifs is 3. The van der Waals surface area contributed by atoms with Gasteiger partial charge in [0.05, 0.1) is 6.20 Å². The summed E-state index contributed by atoms with van der Waals surface area (Å²) >= 11 is 0. The SMILES string of the molecule is O=C(NC1CN2CCC1CC2)c1ccc(Oc2cccnc2)cc1. The lowest BCUT2D eigenvalue weighted by Gasteiger charge is -2.44. The highest BCUT2D eigenvalue weighted by Crippen LogP contribution is 2.28. The minimum atomic E-state index is 0.00155. The van der Waals surface area contributed by atoms with Crippen LogP contribution in [0.2, 0.25) is 0 Å². The van der Waals surface area contributed by atoms with Crippen molar-refractivity contribution in [3.63, 3.8) is 0 Å². The van der Waals surface area contributed by atoms with Crippen LogP contribution in [-0.2, 0) is 0 Å². The van der Waals surface area contributed by atoms with Crippen molar-refractivity contribution >= 4 is 5.91 Å². The predicted molar refractivity (Wildman–Crippen MR) is 91.2 cm³/mol. The first-order chi connectivity index (χ1) is 11.8. The molecule has 3 saturated heterocycles. The van der Waals surface area contributed by atoms with Gasteiger partial charge in [0, 0.05) is 24.3 Å². The monoisotopic (exact) mass is 323 g/mol. The highest BCUT2D eigenvalue weighted by Gasteiger charge is 2.34. The fourth-order valence-electron chi connectivity index (χ4n) is 3.60. The zero-order valence-corrected chi connectivity index (χ0v) is 13.5. The Morgan fingerprint density at radius 1 is 1.12 bits per heavy atom. The fourth-order valence-corrected chi connectivity index (χ4v) is 3.60. The van der Waals surface area contributed by atoms with E-state index in [4.69, 9.17) is 4.74 Å². The van der Waals surface area contributed by atoms with Crippen LogP contribution in [0, 0.1) is 5.92 Å². The summed E-state index contributed by atoms with van der Waals surface area (Å²) in [6, 6.07) is 11.2. The van der Waals surface area contributed by atoms with Crippen LogP contribution in [-0.4, -0.2) is 41.5 Å². The molecule has 5 heteroatoms. The van der Waals surface area contributed by atoms with Crippen LogP contribution >= 0.6 is 0 Å². The van der Waals surface area contributed by atoms with Gasteiger partial charge >= 0.3 is 0 Å². The molecule has 0 radical (unpaired) electrons. The lowest BCUT2D eigenvalue weighted by atomic mass is 9.84. The lowest BCUT2D eigenvalue weighted by molar-refractivity contribution is 0.0620. The van der Waals surface area contributed by atoms with Gasteiger partial charge in [-0.3, -0.25) is 9.78 Å². The molecular weight excluding hydrogens is 302 g/mol.